The zero-order valence-electron chi connectivity index (χ0n) is 12.4. The van der Waals surface area contributed by atoms with Crippen LogP contribution in [0.2, 0.25) is 0 Å². The van der Waals surface area contributed by atoms with Crippen LogP contribution in [0.1, 0.15) is 6.42 Å². The summed E-state index contributed by atoms with van der Waals surface area (Å²) in [6, 6.07) is 15.1. The highest BCUT2D eigenvalue weighted by molar-refractivity contribution is 14.1. The second-order valence-electron chi connectivity index (χ2n) is 5.21. The fraction of sp³-hybridized carbons (Fsp3) is 0.294. The highest BCUT2D eigenvalue weighted by atomic mass is 127. The molecule has 0 unspecified atom stereocenters. The molecule has 0 aliphatic rings. The lowest BCUT2D eigenvalue weighted by Gasteiger charge is -2.27. The molecule has 0 fully saturated rings. The van der Waals surface area contributed by atoms with Crippen molar-refractivity contribution in [1.29, 1.82) is 0 Å². The molecule has 2 aromatic carbocycles. The van der Waals surface area contributed by atoms with Crippen molar-refractivity contribution in [1.82, 2.24) is 4.90 Å². The SMILES string of the molecule is CN(C)CCCN(c1ccccc1F)c1ccccc1I. The third kappa shape index (κ3) is 4.41. The van der Waals surface area contributed by atoms with Gasteiger partial charge in [-0.05, 0) is 73.9 Å². The summed E-state index contributed by atoms with van der Waals surface area (Å²) in [6.07, 6.45) is 0.978. The lowest BCUT2D eigenvalue weighted by atomic mass is 10.2. The van der Waals surface area contributed by atoms with E-state index in [4.69, 9.17) is 0 Å². The zero-order valence-corrected chi connectivity index (χ0v) is 14.5. The molecule has 0 saturated carbocycles. The van der Waals surface area contributed by atoms with Crippen molar-refractivity contribution in [2.24, 2.45) is 0 Å². The van der Waals surface area contributed by atoms with Crippen LogP contribution >= 0.6 is 22.6 Å². The molecular formula is C17H20FIN2. The number of hydrogen-bond acceptors (Lipinski definition) is 2. The molecule has 2 nitrogen and oxygen atoms in total. The van der Waals surface area contributed by atoms with Gasteiger partial charge in [0.1, 0.15) is 5.82 Å². The lowest BCUT2D eigenvalue weighted by molar-refractivity contribution is 0.402. The maximum atomic E-state index is 14.2. The molecule has 0 spiro atoms. The van der Waals surface area contributed by atoms with Crippen molar-refractivity contribution >= 4 is 34.0 Å². The van der Waals surface area contributed by atoms with Gasteiger partial charge in [-0.1, -0.05) is 24.3 Å². The molecule has 0 aliphatic heterocycles. The smallest absolute Gasteiger partial charge is 0.146 e. The maximum absolute atomic E-state index is 14.2. The third-order valence-corrected chi connectivity index (χ3v) is 4.19. The van der Waals surface area contributed by atoms with Crippen LogP contribution in [0, 0.1) is 9.39 Å². The van der Waals surface area contributed by atoms with Gasteiger partial charge < -0.3 is 9.80 Å². The first-order valence-corrected chi connectivity index (χ1v) is 8.09. The first-order valence-electron chi connectivity index (χ1n) is 7.01. The number of halogens is 2. The molecule has 0 amide bonds. The number of rotatable bonds is 6. The van der Waals surface area contributed by atoms with E-state index in [2.05, 4.69) is 52.6 Å². The van der Waals surface area contributed by atoms with Crippen LogP contribution in [-0.4, -0.2) is 32.1 Å². The van der Waals surface area contributed by atoms with E-state index >= 15 is 0 Å². The Morgan fingerprint density at radius 2 is 1.52 bits per heavy atom. The minimum Gasteiger partial charge on any atom is -0.338 e. The Bertz CT molecular complexity index is 541. The predicted molar refractivity (Wildman–Crippen MR) is 95.7 cm³/mol. The Hall–Kier alpha value is -1.14. The van der Waals surface area contributed by atoms with Gasteiger partial charge in [0.25, 0.3) is 0 Å². The molecule has 0 atom stereocenters. The van der Waals surface area contributed by atoms with Crippen LogP contribution < -0.4 is 4.90 Å². The van der Waals surface area contributed by atoms with Crippen LogP contribution in [0.25, 0.3) is 0 Å². The highest BCUT2D eigenvalue weighted by Crippen LogP contribution is 2.31. The Morgan fingerprint density at radius 1 is 0.905 bits per heavy atom. The van der Waals surface area contributed by atoms with E-state index in [1.165, 1.54) is 6.07 Å². The summed E-state index contributed by atoms with van der Waals surface area (Å²) in [5, 5.41) is 0. The molecule has 4 heteroatoms. The van der Waals surface area contributed by atoms with Crippen LogP contribution in [0.5, 0.6) is 0 Å². The second-order valence-corrected chi connectivity index (χ2v) is 6.37. The van der Waals surface area contributed by atoms with E-state index < -0.39 is 0 Å². The van der Waals surface area contributed by atoms with Gasteiger partial charge >= 0.3 is 0 Å². The summed E-state index contributed by atoms with van der Waals surface area (Å²) in [5.41, 5.74) is 1.70. The monoisotopic (exact) mass is 398 g/mol. The quantitative estimate of drug-likeness (QED) is 0.661. The van der Waals surface area contributed by atoms with Gasteiger partial charge in [-0.25, -0.2) is 4.39 Å². The normalized spacial score (nSPS) is 10.9. The fourth-order valence-corrected chi connectivity index (χ4v) is 2.94. The van der Waals surface area contributed by atoms with Crippen molar-refractivity contribution in [2.45, 2.75) is 6.42 Å². The van der Waals surface area contributed by atoms with Crippen molar-refractivity contribution in [2.75, 3.05) is 32.1 Å². The van der Waals surface area contributed by atoms with E-state index in [0.29, 0.717) is 5.69 Å². The molecule has 2 rings (SSSR count). The molecule has 0 bridgehead atoms. The van der Waals surface area contributed by atoms with Crippen LogP contribution in [-0.2, 0) is 0 Å². The average Bonchev–Trinajstić information content (AvgIpc) is 2.45. The van der Waals surface area contributed by atoms with Gasteiger partial charge in [-0.3, -0.25) is 0 Å². The topological polar surface area (TPSA) is 6.48 Å². The van der Waals surface area contributed by atoms with E-state index in [-0.39, 0.29) is 5.82 Å². The van der Waals surface area contributed by atoms with E-state index in [1.807, 2.05) is 30.3 Å². The summed E-state index contributed by atoms with van der Waals surface area (Å²) >= 11 is 2.30. The summed E-state index contributed by atoms with van der Waals surface area (Å²) in [6.45, 7) is 1.77. The van der Waals surface area contributed by atoms with E-state index in [1.54, 1.807) is 6.07 Å². The van der Waals surface area contributed by atoms with E-state index in [9.17, 15) is 4.39 Å². The van der Waals surface area contributed by atoms with Crippen LogP contribution in [0.3, 0.4) is 0 Å². The van der Waals surface area contributed by atoms with Gasteiger partial charge in [-0.2, -0.15) is 0 Å². The van der Waals surface area contributed by atoms with E-state index in [0.717, 1.165) is 28.8 Å². The van der Waals surface area contributed by atoms with Crippen LogP contribution in [0.15, 0.2) is 48.5 Å². The second kappa shape index (κ2) is 7.75. The minimum absolute atomic E-state index is 0.179. The Labute approximate surface area is 139 Å². The summed E-state index contributed by atoms with van der Waals surface area (Å²) in [5.74, 6) is -0.179. The number of para-hydroxylation sites is 2. The first kappa shape index (κ1) is 16.2. The maximum Gasteiger partial charge on any atom is 0.146 e. The average molecular weight is 398 g/mol. The Kier molecular flexibility index (Phi) is 5.99. The standard InChI is InChI=1S/C17H20FIN2/c1-20(2)12-7-13-21(16-10-5-3-8-14(16)18)17-11-6-4-9-15(17)19/h3-6,8-11H,7,12-13H2,1-2H3. The molecule has 0 aromatic heterocycles. The minimum atomic E-state index is -0.179. The number of benzene rings is 2. The lowest BCUT2D eigenvalue weighted by Crippen LogP contribution is -2.24. The molecule has 0 saturated heterocycles. The van der Waals surface area contributed by atoms with Crippen molar-refractivity contribution < 1.29 is 4.39 Å². The predicted octanol–water partition coefficient (Wildman–Crippen LogP) is 4.52. The van der Waals surface area contributed by atoms with Gasteiger partial charge in [0.2, 0.25) is 0 Å². The van der Waals surface area contributed by atoms with Crippen molar-refractivity contribution in [3.8, 4) is 0 Å². The summed E-state index contributed by atoms with van der Waals surface area (Å²) in [7, 11) is 4.11. The summed E-state index contributed by atoms with van der Waals surface area (Å²) in [4.78, 5) is 4.22. The zero-order chi connectivity index (χ0) is 15.2. The molecule has 0 radical (unpaired) electrons. The molecule has 0 heterocycles. The molecule has 21 heavy (non-hydrogen) atoms. The Balaban J connectivity index is 2.31. The molecule has 0 N–H and O–H groups in total. The number of nitrogens with zero attached hydrogens (tertiary/aromatic N) is 2. The van der Waals surface area contributed by atoms with Crippen molar-refractivity contribution in [3.63, 3.8) is 0 Å². The highest BCUT2D eigenvalue weighted by Gasteiger charge is 2.15. The Morgan fingerprint density at radius 3 is 2.14 bits per heavy atom. The van der Waals surface area contributed by atoms with Gasteiger partial charge in [-0.15, -0.1) is 0 Å². The van der Waals surface area contributed by atoms with Gasteiger partial charge in [0.15, 0.2) is 0 Å². The van der Waals surface area contributed by atoms with Gasteiger partial charge in [0.05, 0.1) is 11.4 Å². The summed E-state index contributed by atoms with van der Waals surface area (Å²) < 4.78 is 15.3. The molecule has 2 aromatic rings. The molecule has 0 aliphatic carbocycles. The molecular weight excluding hydrogens is 378 g/mol. The largest absolute Gasteiger partial charge is 0.338 e. The first-order chi connectivity index (χ1) is 10.1. The number of anilines is 2. The third-order valence-electron chi connectivity index (χ3n) is 3.27. The van der Waals surface area contributed by atoms with Crippen molar-refractivity contribution in [3.05, 3.63) is 57.9 Å². The fourth-order valence-electron chi connectivity index (χ4n) is 2.26. The van der Waals surface area contributed by atoms with Gasteiger partial charge in [0, 0.05) is 10.1 Å². The van der Waals surface area contributed by atoms with Crippen LogP contribution in [0.4, 0.5) is 15.8 Å². The number of hydrogen-bond donors (Lipinski definition) is 0. The molecule has 112 valence electrons.